The highest BCUT2D eigenvalue weighted by Crippen LogP contribution is 2.29. The molecule has 2 rings (SSSR count). The van der Waals surface area contributed by atoms with Gasteiger partial charge in [-0.25, -0.2) is 8.42 Å². The zero-order valence-electron chi connectivity index (χ0n) is 9.10. The van der Waals surface area contributed by atoms with E-state index in [1.807, 2.05) is 19.9 Å². The Kier molecular flexibility index (Phi) is 3.88. The maximum Gasteiger partial charge on any atom is 0.178 e. The standard InChI is InChI=1S/C9H11NO2S.C2H6/c10-8-5-6-13(11,12)9-4-2-1-3-7(8)9;1-2/h1-4,8H,5-6,10H2;1-2H3. The molecule has 0 amide bonds. The van der Waals surface area contributed by atoms with Crippen LogP contribution in [0.3, 0.4) is 0 Å². The predicted molar refractivity (Wildman–Crippen MR) is 61.4 cm³/mol. The van der Waals surface area contributed by atoms with Gasteiger partial charge in [-0.15, -0.1) is 0 Å². The highest BCUT2D eigenvalue weighted by atomic mass is 32.2. The number of sulfone groups is 1. The number of rotatable bonds is 0. The summed E-state index contributed by atoms with van der Waals surface area (Å²) in [6.45, 7) is 4.00. The van der Waals surface area contributed by atoms with Crippen LogP contribution < -0.4 is 5.73 Å². The van der Waals surface area contributed by atoms with Crippen LogP contribution >= 0.6 is 0 Å². The van der Waals surface area contributed by atoms with Crippen LogP contribution in [0.5, 0.6) is 0 Å². The van der Waals surface area contributed by atoms with Crippen molar-refractivity contribution in [2.24, 2.45) is 5.73 Å². The maximum absolute atomic E-state index is 11.6. The van der Waals surface area contributed by atoms with E-state index in [4.69, 9.17) is 5.73 Å². The van der Waals surface area contributed by atoms with Crippen molar-refractivity contribution in [3.8, 4) is 0 Å². The Morgan fingerprint density at radius 3 is 2.47 bits per heavy atom. The maximum atomic E-state index is 11.6. The fraction of sp³-hybridized carbons (Fsp3) is 0.455. The Morgan fingerprint density at radius 1 is 1.27 bits per heavy atom. The molecule has 1 aliphatic heterocycles. The van der Waals surface area contributed by atoms with Crippen LogP contribution in [0.25, 0.3) is 0 Å². The van der Waals surface area contributed by atoms with Crippen LogP contribution in [-0.4, -0.2) is 14.2 Å². The summed E-state index contributed by atoms with van der Waals surface area (Å²) in [7, 11) is -3.05. The molecule has 0 radical (unpaired) electrons. The molecule has 4 heteroatoms. The lowest BCUT2D eigenvalue weighted by molar-refractivity contribution is 0.569. The summed E-state index contributed by atoms with van der Waals surface area (Å²) in [6, 6.07) is 6.84. The van der Waals surface area contributed by atoms with E-state index in [1.54, 1.807) is 18.2 Å². The Bertz CT molecular complexity index is 426. The van der Waals surface area contributed by atoms with E-state index in [1.165, 1.54) is 0 Å². The summed E-state index contributed by atoms with van der Waals surface area (Å²) in [5.74, 6) is 0.172. The van der Waals surface area contributed by atoms with Crippen molar-refractivity contribution in [2.45, 2.75) is 31.2 Å². The highest BCUT2D eigenvalue weighted by molar-refractivity contribution is 7.91. The van der Waals surface area contributed by atoms with Gasteiger partial charge in [-0.05, 0) is 18.1 Å². The minimum Gasteiger partial charge on any atom is -0.324 e. The smallest absolute Gasteiger partial charge is 0.178 e. The molecule has 1 atom stereocenters. The van der Waals surface area contributed by atoms with Crippen LogP contribution in [0.15, 0.2) is 29.2 Å². The molecule has 0 aromatic heterocycles. The Labute approximate surface area is 91.2 Å². The van der Waals surface area contributed by atoms with Gasteiger partial charge in [-0.2, -0.15) is 0 Å². The normalized spacial score (nSPS) is 22.2. The van der Waals surface area contributed by atoms with Crippen LogP contribution in [0, 0.1) is 0 Å². The second-order valence-electron chi connectivity index (χ2n) is 3.25. The summed E-state index contributed by atoms with van der Waals surface area (Å²) in [5, 5.41) is 0. The number of hydrogen-bond donors (Lipinski definition) is 1. The fourth-order valence-corrected chi connectivity index (χ4v) is 3.27. The van der Waals surface area contributed by atoms with Crippen LogP contribution in [0.2, 0.25) is 0 Å². The van der Waals surface area contributed by atoms with Crippen LogP contribution in [0.1, 0.15) is 31.9 Å². The molecule has 0 fully saturated rings. The summed E-state index contributed by atoms with van der Waals surface area (Å²) in [6.07, 6.45) is 0.527. The molecular weight excluding hydrogens is 210 g/mol. The Balaban J connectivity index is 0.000000531. The molecule has 15 heavy (non-hydrogen) atoms. The Morgan fingerprint density at radius 2 is 1.87 bits per heavy atom. The van der Waals surface area contributed by atoms with Crippen molar-refractivity contribution in [1.82, 2.24) is 0 Å². The molecule has 2 N–H and O–H groups in total. The topological polar surface area (TPSA) is 60.2 Å². The van der Waals surface area contributed by atoms with E-state index in [9.17, 15) is 8.42 Å². The summed E-state index contributed by atoms with van der Waals surface area (Å²) < 4.78 is 23.1. The first-order chi connectivity index (χ1) is 7.11. The molecule has 1 aromatic rings. The van der Waals surface area contributed by atoms with Gasteiger partial charge in [0.1, 0.15) is 0 Å². The first kappa shape index (κ1) is 12.2. The lowest BCUT2D eigenvalue weighted by Gasteiger charge is -2.21. The molecule has 1 heterocycles. The van der Waals surface area contributed by atoms with Gasteiger partial charge in [-0.1, -0.05) is 32.0 Å². The van der Waals surface area contributed by atoms with Crippen LogP contribution in [0.4, 0.5) is 0 Å². The largest absolute Gasteiger partial charge is 0.324 e. The number of hydrogen-bond acceptors (Lipinski definition) is 3. The first-order valence-corrected chi connectivity index (χ1v) is 6.84. The molecule has 1 aliphatic rings. The highest BCUT2D eigenvalue weighted by Gasteiger charge is 2.27. The molecule has 84 valence electrons. The van der Waals surface area contributed by atoms with Gasteiger partial charge in [0.2, 0.25) is 0 Å². The first-order valence-electron chi connectivity index (χ1n) is 5.18. The molecule has 0 saturated heterocycles. The van der Waals surface area contributed by atoms with Crippen molar-refractivity contribution in [3.05, 3.63) is 29.8 Å². The minimum atomic E-state index is -3.05. The third-order valence-electron chi connectivity index (χ3n) is 2.35. The summed E-state index contributed by atoms with van der Waals surface area (Å²) >= 11 is 0. The van der Waals surface area contributed by atoms with E-state index < -0.39 is 9.84 Å². The lowest BCUT2D eigenvalue weighted by Crippen LogP contribution is -2.24. The Hall–Kier alpha value is -0.870. The van der Waals surface area contributed by atoms with E-state index in [-0.39, 0.29) is 11.8 Å². The van der Waals surface area contributed by atoms with Crippen molar-refractivity contribution in [3.63, 3.8) is 0 Å². The molecular formula is C11H17NO2S. The van der Waals surface area contributed by atoms with Gasteiger partial charge in [0.05, 0.1) is 10.6 Å². The van der Waals surface area contributed by atoms with Crippen molar-refractivity contribution >= 4 is 9.84 Å². The molecule has 0 aliphatic carbocycles. The van der Waals surface area contributed by atoms with E-state index in [0.717, 1.165) is 5.56 Å². The molecule has 1 unspecified atom stereocenters. The van der Waals surface area contributed by atoms with Crippen LogP contribution in [-0.2, 0) is 9.84 Å². The zero-order valence-corrected chi connectivity index (χ0v) is 9.92. The lowest BCUT2D eigenvalue weighted by atomic mass is 10.1. The van der Waals surface area contributed by atoms with Gasteiger partial charge in [0, 0.05) is 6.04 Å². The average molecular weight is 227 g/mol. The summed E-state index contributed by atoms with van der Waals surface area (Å²) in [4.78, 5) is 0.411. The number of nitrogens with two attached hydrogens (primary N) is 1. The van der Waals surface area contributed by atoms with Gasteiger partial charge in [0.25, 0.3) is 0 Å². The summed E-state index contributed by atoms with van der Waals surface area (Å²) in [5.41, 5.74) is 6.56. The quantitative estimate of drug-likeness (QED) is 0.736. The van der Waals surface area contributed by atoms with Gasteiger partial charge in [0.15, 0.2) is 9.84 Å². The van der Waals surface area contributed by atoms with E-state index in [0.29, 0.717) is 11.3 Å². The molecule has 1 aromatic carbocycles. The van der Waals surface area contributed by atoms with Gasteiger partial charge >= 0.3 is 0 Å². The van der Waals surface area contributed by atoms with Gasteiger partial charge < -0.3 is 5.73 Å². The zero-order chi connectivity index (χ0) is 11.5. The third kappa shape index (κ3) is 2.38. The molecule has 0 bridgehead atoms. The van der Waals surface area contributed by atoms with E-state index >= 15 is 0 Å². The van der Waals surface area contributed by atoms with Gasteiger partial charge in [-0.3, -0.25) is 0 Å². The van der Waals surface area contributed by atoms with Crippen molar-refractivity contribution < 1.29 is 8.42 Å². The second-order valence-corrected chi connectivity index (χ2v) is 5.33. The number of fused-ring (bicyclic) bond motifs is 1. The minimum absolute atomic E-state index is 0.125. The molecule has 0 spiro atoms. The molecule has 0 saturated carbocycles. The fourth-order valence-electron chi connectivity index (χ4n) is 1.62. The SMILES string of the molecule is CC.NC1CCS(=O)(=O)c2ccccc21. The average Bonchev–Trinajstić information content (AvgIpc) is 2.27. The third-order valence-corrected chi connectivity index (χ3v) is 4.17. The monoisotopic (exact) mass is 227 g/mol. The second kappa shape index (κ2) is 4.77. The predicted octanol–water partition coefficient (Wildman–Crippen LogP) is 1.89. The van der Waals surface area contributed by atoms with Crippen molar-refractivity contribution in [1.29, 1.82) is 0 Å². The van der Waals surface area contributed by atoms with E-state index in [2.05, 4.69) is 0 Å². The number of benzene rings is 1. The molecule has 3 nitrogen and oxygen atoms in total. The van der Waals surface area contributed by atoms with Crippen molar-refractivity contribution in [2.75, 3.05) is 5.75 Å².